The molecule has 2 aromatic rings. The van der Waals surface area contributed by atoms with Crippen molar-refractivity contribution < 1.29 is 23.0 Å². The molecule has 0 unspecified atom stereocenters. The van der Waals surface area contributed by atoms with E-state index in [4.69, 9.17) is 26.8 Å². The number of nitrogens with zero attached hydrogens (tertiary/aromatic N) is 1. The number of halogens is 3. The van der Waals surface area contributed by atoms with Gasteiger partial charge in [0.2, 0.25) is 0 Å². The van der Waals surface area contributed by atoms with Crippen LogP contribution in [0, 0.1) is 11.6 Å². The lowest BCUT2D eigenvalue weighted by molar-refractivity contribution is 0.0585. The number of anilines is 1. The zero-order valence-electron chi connectivity index (χ0n) is 14.7. The van der Waals surface area contributed by atoms with Gasteiger partial charge in [-0.3, -0.25) is 4.79 Å². The van der Waals surface area contributed by atoms with Crippen LogP contribution in [0.3, 0.4) is 0 Å². The number of hydrogen-bond acceptors (Lipinski definition) is 4. The van der Waals surface area contributed by atoms with Crippen LogP contribution in [0.5, 0.6) is 11.5 Å². The largest absolute Gasteiger partial charge is 0.496 e. The summed E-state index contributed by atoms with van der Waals surface area (Å²) in [4.78, 5) is 14.5. The van der Waals surface area contributed by atoms with E-state index in [9.17, 15) is 13.6 Å². The Morgan fingerprint density at radius 1 is 1.19 bits per heavy atom. The maximum absolute atomic E-state index is 13.7. The Bertz CT molecular complexity index is 855. The summed E-state index contributed by atoms with van der Waals surface area (Å²) in [5.74, 6) is -1.26. The monoisotopic (exact) mass is 396 g/mol. The molecule has 3 rings (SSSR count). The summed E-state index contributed by atoms with van der Waals surface area (Å²) in [5, 5.41) is 0.282. The molecule has 1 saturated heterocycles. The number of carbonyl (C=O) groups excluding carboxylic acids is 1. The van der Waals surface area contributed by atoms with Crippen molar-refractivity contribution in [2.45, 2.75) is 18.9 Å². The average molecular weight is 397 g/mol. The molecule has 1 amide bonds. The van der Waals surface area contributed by atoms with Crippen molar-refractivity contribution in [2.75, 3.05) is 25.9 Å². The first-order valence-corrected chi connectivity index (χ1v) is 8.81. The number of amides is 1. The van der Waals surface area contributed by atoms with Crippen LogP contribution in [0.1, 0.15) is 23.2 Å². The molecule has 2 aromatic carbocycles. The number of ether oxygens (including phenoxy) is 2. The van der Waals surface area contributed by atoms with Gasteiger partial charge in [-0.25, -0.2) is 8.78 Å². The lowest BCUT2D eigenvalue weighted by atomic mass is 10.1. The number of hydrogen-bond donors (Lipinski definition) is 1. The average Bonchev–Trinajstić information content (AvgIpc) is 2.66. The Hall–Kier alpha value is -2.54. The summed E-state index contributed by atoms with van der Waals surface area (Å²) in [6.45, 7) is 0.856. The fraction of sp³-hybridized carbons (Fsp3) is 0.316. The van der Waals surface area contributed by atoms with Gasteiger partial charge >= 0.3 is 0 Å². The molecular weight excluding hydrogens is 378 g/mol. The van der Waals surface area contributed by atoms with Crippen LogP contribution >= 0.6 is 11.6 Å². The fourth-order valence-electron chi connectivity index (χ4n) is 3.00. The molecular formula is C19H19ClF2N2O3. The van der Waals surface area contributed by atoms with Gasteiger partial charge in [0.05, 0.1) is 23.4 Å². The van der Waals surface area contributed by atoms with Crippen molar-refractivity contribution in [3.8, 4) is 11.5 Å². The molecule has 0 spiro atoms. The SMILES string of the molecule is COc1cc(N)c(Cl)cc1C(=O)N1CCC(Oc2ccc(F)cc2F)CC1. The van der Waals surface area contributed by atoms with Crippen molar-refractivity contribution in [3.63, 3.8) is 0 Å². The van der Waals surface area contributed by atoms with Crippen molar-refractivity contribution in [1.82, 2.24) is 4.90 Å². The van der Waals surface area contributed by atoms with Gasteiger partial charge in [0.15, 0.2) is 11.6 Å². The van der Waals surface area contributed by atoms with E-state index < -0.39 is 11.6 Å². The topological polar surface area (TPSA) is 64.8 Å². The van der Waals surface area contributed by atoms with E-state index in [1.165, 1.54) is 25.3 Å². The summed E-state index contributed by atoms with van der Waals surface area (Å²) in [5.41, 5.74) is 6.42. The molecule has 8 heteroatoms. The minimum atomic E-state index is -0.741. The van der Waals surface area contributed by atoms with Crippen molar-refractivity contribution in [2.24, 2.45) is 0 Å². The molecule has 27 heavy (non-hydrogen) atoms. The molecule has 1 fully saturated rings. The van der Waals surface area contributed by atoms with Crippen molar-refractivity contribution >= 4 is 23.2 Å². The van der Waals surface area contributed by atoms with Gasteiger partial charge in [-0.2, -0.15) is 0 Å². The highest BCUT2D eigenvalue weighted by atomic mass is 35.5. The van der Waals surface area contributed by atoms with E-state index in [1.54, 1.807) is 4.90 Å². The van der Waals surface area contributed by atoms with E-state index in [2.05, 4.69) is 0 Å². The van der Waals surface area contributed by atoms with E-state index in [1.807, 2.05) is 0 Å². The molecule has 2 N–H and O–H groups in total. The number of carbonyl (C=O) groups is 1. The van der Waals surface area contributed by atoms with Crippen LogP contribution in [0.2, 0.25) is 5.02 Å². The maximum atomic E-state index is 13.7. The first-order chi connectivity index (χ1) is 12.9. The standard InChI is InChI=1S/C19H19ClF2N2O3/c1-26-18-10-16(23)14(20)9-13(18)19(25)24-6-4-12(5-7-24)27-17-3-2-11(21)8-15(17)22/h2-3,8-10,12H,4-7,23H2,1H3. The molecule has 1 aliphatic rings. The van der Waals surface area contributed by atoms with Gasteiger partial charge in [0, 0.05) is 38.1 Å². The Morgan fingerprint density at radius 3 is 2.52 bits per heavy atom. The molecule has 0 bridgehead atoms. The second-order valence-electron chi connectivity index (χ2n) is 6.26. The van der Waals surface area contributed by atoms with Crippen LogP contribution < -0.4 is 15.2 Å². The number of methoxy groups -OCH3 is 1. The molecule has 5 nitrogen and oxygen atoms in total. The third-order valence-corrected chi connectivity index (χ3v) is 4.79. The minimum Gasteiger partial charge on any atom is -0.496 e. The number of nitrogen functional groups attached to an aromatic ring is 1. The van der Waals surface area contributed by atoms with Crippen LogP contribution in [0.25, 0.3) is 0 Å². The Morgan fingerprint density at radius 2 is 1.89 bits per heavy atom. The summed E-state index contributed by atoms with van der Waals surface area (Å²) in [6, 6.07) is 6.21. The highest BCUT2D eigenvalue weighted by molar-refractivity contribution is 6.33. The van der Waals surface area contributed by atoms with Crippen LogP contribution in [-0.4, -0.2) is 37.1 Å². The molecule has 0 aliphatic carbocycles. The predicted octanol–water partition coefficient (Wildman–Crippen LogP) is 3.89. The highest BCUT2D eigenvalue weighted by Gasteiger charge is 2.27. The first kappa shape index (κ1) is 19.2. The number of likely N-dealkylation sites (tertiary alicyclic amines) is 1. The summed E-state index contributed by atoms with van der Waals surface area (Å²) >= 11 is 6.03. The second-order valence-corrected chi connectivity index (χ2v) is 6.67. The Labute approximate surface area is 160 Å². The molecule has 144 valence electrons. The Kier molecular flexibility index (Phi) is 5.70. The predicted molar refractivity (Wildman–Crippen MR) is 98.3 cm³/mol. The molecule has 0 aromatic heterocycles. The van der Waals surface area contributed by atoms with Crippen LogP contribution in [-0.2, 0) is 0 Å². The minimum absolute atomic E-state index is 0.00756. The van der Waals surface area contributed by atoms with Crippen LogP contribution in [0.15, 0.2) is 30.3 Å². The summed E-state index contributed by atoms with van der Waals surface area (Å²) in [7, 11) is 1.46. The van der Waals surface area contributed by atoms with E-state index in [0.29, 0.717) is 42.9 Å². The van der Waals surface area contributed by atoms with Gasteiger partial charge in [-0.1, -0.05) is 11.6 Å². The first-order valence-electron chi connectivity index (χ1n) is 8.43. The maximum Gasteiger partial charge on any atom is 0.257 e. The Balaban J connectivity index is 1.65. The lowest BCUT2D eigenvalue weighted by Gasteiger charge is -2.32. The molecule has 0 radical (unpaired) electrons. The highest BCUT2D eigenvalue weighted by Crippen LogP contribution is 2.31. The third-order valence-electron chi connectivity index (χ3n) is 4.47. The number of rotatable bonds is 4. The van der Waals surface area contributed by atoms with E-state index in [-0.39, 0.29) is 22.8 Å². The van der Waals surface area contributed by atoms with Crippen LogP contribution in [0.4, 0.5) is 14.5 Å². The zero-order chi connectivity index (χ0) is 19.6. The quantitative estimate of drug-likeness (QED) is 0.796. The summed E-state index contributed by atoms with van der Waals surface area (Å²) in [6.07, 6.45) is 0.784. The van der Waals surface area contributed by atoms with E-state index in [0.717, 1.165) is 12.1 Å². The zero-order valence-corrected chi connectivity index (χ0v) is 15.4. The lowest BCUT2D eigenvalue weighted by Crippen LogP contribution is -2.42. The molecule has 1 heterocycles. The van der Waals surface area contributed by atoms with E-state index >= 15 is 0 Å². The fourth-order valence-corrected chi connectivity index (χ4v) is 3.17. The molecule has 1 aliphatic heterocycles. The third kappa shape index (κ3) is 4.24. The van der Waals surface area contributed by atoms with Gasteiger partial charge in [0.25, 0.3) is 5.91 Å². The summed E-state index contributed by atoms with van der Waals surface area (Å²) < 4.78 is 37.5. The number of benzene rings is 2. The smallest absolute Gasteiger partial charge is 0.257 e. The van der Waals surface area contributed by atoms with Crippen molar-refractivity contribution in [3.05, 3.63) is 52.6 Å². The van der Waals surface area contributed by atoms with Crippen molar-refractivity contribution in [1.29, 1.82) is 0 Å². The van der Waals surface area contributed by atoms with Gasteiger partial charge in [-0.15, -0.1) is 0 Å². The normalized spacial score (nSPS) is 14.9. The second kappa shape index (κ2) is 8.00. The number of nitrogens with two attached hydrogens (primary N) is 1. The van der Waals surface area contributed by atoms with Gasteiger partial charge in [0.1, 0.15) is 17.7 Å². The van der Waals surface area contributed by atoms with Gasteiger partial charge in [-0.05, 0) is 18.2 Å². The van der Waals surface area contributed by atoms with Gasteiger partial charge < -0.3 is 20.1 Å². The number of piperidine rings is 1. The molecule has 0 saturated carbocycles. The molecule has 0 atom stereocenters.